The van der Waals surface area contributed by atoms with Crippen molar-refractivity contribution < 1.29 is 31.6 Å². The minimum atomic E-state index is -4.85. The number of halogens is 5. The Kier molecular flexibility index (Phi) is 7.95. The number of aromatic nitrogens is 2. The molecule has 14 heteroatoms. The van der Waals surface area contributed by atoms with Crippen molar-refractivity contribution in [3.63, 3.8) is 0 Å². The Balaban J connectivity index is 1.35. The summed E-state index contributed by atoms with van der Waals surface area (Å²) in [6, 6.07) is 5.70. The minimum Gasteiger partial charge on any atom is -0.405 e. The number of alkyl halides is 5. The number of hydrogen-bond acceptors (Lipinski definition) is 8. The van der Waals surface area contributed by atoms with Gasteiger partial charge in [-0.05, 0) is 37.7 Å². The molecule has 202 valence electrons. The van der Waals surface area contributed by atoms with E-state index in [0.717, 1.165) is 31.9 Å². The van der Waals surface area contributed by atoms with Crippen LogP contribution in [0, 0.1) is 16.0 Å². The highest BCUT2D eigenvalue weighted by Crippen LogP contribution is 2.35. The molecule has 1 aromatic heterocycles. The van der Waals surface area contributed by atoms with Crippen molar-refractivity contribution in [1.29, 1.82) is 0 Å². The second kappa shape index (κ2) is 11.0. The van der Waals surface area contributed by atoms with Crippen molar-refractivity contribution in [2.75, 3.05) is 30.3 Å². The number of nitrogens with zero attached hydrogens (tertiary/aromatic N) is 4. The van der Waals surface area contributed by atoms with E-state index in [-0.39, 0.29) is 60.2 Å². The van der Waals surface area contributed by atoms with Crippen molar-refractivity contribution >= 4 is 17.5 Å². The molecule has 37 heavy (non-hydrogen) atoms. The van der Waals surface area contributed by atoms with E-state index in [1.807, 2.05) is 4.90 Å². The van der Waals surface area contributed by atoms with Crippen molar-refractivity contribution in [3.8, 4) is 5.75 Å². The van der Waals surface area contributed by atoms with Gasteiger partial charge in [-0.1, -0.05) is 18.2 Å². The molecule has 2 aliphatic rings. The van der Waals surface area contributed by atoms with E-state index in [1.165, 1.54) is 18.2 Å². The third-order valence-electron chi connectivity index (χ3n) is 6.69. The fourth-order valence-corrected chi connectivity index (χ4v) is 4.80. The SMILES string of the molecule is O=[N+]([O-])c1cnc(NCc2ccccc2OC(F)(F)F)nc1NCC1CCC(N2CCC(F)(F)C2)CC1. The Labute approximate surface area is 209 Å². The molecule has 1 aliphatic carbocycles. The first-order valence-electron chi connectivity index (χ1n) is 11.9. The Hall–Kier alpha value is -3.29. The molecule has 4 rings (SSSR count). The quantitative estimate of drug-likeness (QED) is 0.259. The number of benzene rings is 1. The highest BCUT2D eigenvalue weighted by Gasteiger charge is 2.41. The first-order valence-corrected chi connectivity index (χ1v) is 11.9. The number of nitrogens with one attached hydrogen (secondary N) is 2. The first-order chi connectivity index (χ1) is 17.5. The predicted molar refractivity (Wildman–Crippen MR) is 125 cm³/mol. The van der Waals surface area contributed by atoms with Crippen molar-refractivity contribution in [1.82, 2.24) is 14.9 Å². The zero-order chi connectivity index (χ0) is 26.6. The largest absolute Gasteiger partial charge is 0.573 e. The summed E-state index contributed by atoms with van der Waals surface area (Å²) >= 11 is 0. The van der Waals surface area contributed by atoms with Gasteiger partial charge in [-0.2, -0.15) is 4.98 Å². The maximum absolute atomic E-state index is 13.5. The molecule has 2 fully saturated rings. The van der Waals surface area contributed by atoms with E-state index in [1.54, 1.807) is 6.07 Å². The standard InChI is InChI=1S/C23H27F5N6O3/c24-22(25)9-10-33(14-22)17-7-5-15(6-8-17)11-29-20-18(34(35)36)13-31-21(32-20)30-12-16-3-1-2-4-19(16)37-23(26,27)28/h1-4,13,15,17H,5-12,14H2,(H2,29,30,31,32). The second-order valence-electron chi connectivity index (χ2n) is 9.33. The lowest BCUT2D eigenvalue weighted by Gasteiger charge is -2.34. The monoisotopic (exact) mass is 530 g/mol. The highest BCUT2D eigenvalue weighted by molar-refractivity contribution is 5.57. The summed E-state index contributed by atoms with van der Waals surface area (Å²) in [6.07, 6.45) is -0.792. The van der Waals surface area contributed by atoms with E-state index in [0.29, 0.717) is 13.1 Å². The van der Waals surface area contributed by atoms with Crippen LogP contribution in [0.4, 0.5) is 39.4 Å². The van der Waals surface area contributed by atoms with Crippen LogP contribution in [-0.2, 0) is 6.54 Å². The van der Waals surface area contributed by atoms with E-state index in [2.05, 4.69) is 25.3 Å². The van der Waals surface area contributed by atoms with Gasteiger partial charge in [-0.15, -0.1) is 13.2 Å². The molecule has 0 bridgehead atoms. The number of anilines is 2. The second-order valence-corrected chi connectivity index (χ2v) is 9.33. The molecule has 2 N–H and O–H groups in total. The van der Waals surface area contributed by atoms with Crippen LogP contribution in [0.15, 0.2) is 30.5 Å². The summed E-state index contributed by atoms with van der Waals surface area (Å²) in [7, 11) is 0. The summed E-state index contributed by atoms with van der Waals surface area (Å²) < 4.78 is 69.1. The molecule has 1 saturated carbocycles. The Morgan fingerprint density at radius 1 is 1.16 bits per heavy atom. The van der Waals surface area contributed by atoms with Crippen LogP contribution in [0.25, 0.3) is 0 Å². The fourth-order valence-electron chi connectivity index (χ4n) is 4.80. The van der Waals surface area contributed by atoms with Gasteiger partial charge in [0.2, 0.25) is 11.8 Å². The normalized spacial score (nSPS) is 22.0. The lowest BCUT2D eigenvalue weighted by atomic mass is 9.85. The van der Waals surface area contributed by atoms with Gasteiger partial charge in [-0.3, -0.25) is 15.0 Å². The van der Waals surface area contributed by atoms with Gasteiger partial charge in [-0.25, -0.2) is 13.8 Å². The third kappa shape index (κ3) is 7.37. The van der Waals surface area contributed by atoms with Crippen LogP contribution < -0.4 is 15.4 Å². The average molecular weight is 530 g/mol. The number of ether oxygens (including phenoxy) is 1. The molecule has 1 aliphatic heterocycles. The number of hydrogen-bond donors (Lipinski definition) is 2. The first kappa shape index (κ1) is 26.8. The van der Waals surface area contributed by atoms with Gasteiger partial charge in [0, 0.05) is 37.7 Å². The topological polar surface area (TPSA) is 105 Å². The molecule has 1 saturated heterocycles. The van der Waals surface area contributed by atoms with Crippen molar-refractivity contribution in [2.45, 2.75) is 57.0 Å². The molecule has 9 nitrogen and oxygen atoms in total. The van der Waals surface area contributed by atoms with Gasteiger partial charge in [0.1, 0.15) is 11.9 Å². The van der Waals surface area contributed by atoms with Gasteiger partial charge in [0.05, 0.1) is 11.5 Å². The Morgan fingerprint density at radius 2 is 1.89 bits per heavy atom. The Bertz CT molecular complexity index is 1090. The maximum Gasteiger partial charge on any atom is 0.573 e. The number of likely N-dealkylation sites (tertiary alicyclic amines) is 1. The Morgan fingerprint density at radius 3 is 2.54 bits per heavy atom. The zero-order valence-electron chi connectivity index (χ0n) is 19.8. The third-order valence-corrected chi connectivity index (χ3v) is 6.69. The van der Waals surface area contributed by atoms with E-state index in [4.69, 9.17) is 0 Å². The van der Waals surface area contributed by atoms with Crippen LogP contribution in [-0.4, -0.2) is 57.8 Å². The molecule has 2 heterocycles. The smallest absolute Gasteiger partial charge is 0.405 e. The van der Waals surface area contributed by atoms with Gasteiger partial charge >= 0.3 is 12.0 Å². The average Bonchev–Trinajstić information content (AvgIpc) is 3.21. The van der Waals surface area contributed by atoms with Crippen LogP contribution in [0.3, 0.4) is 0 Å². The molecular formula is C23H27F5N6O3. The van der Waals surface area contributed by atoms with Crippen molar-refractivity contribution in [2.24, 2.45) is 5.92 Å². The summed E-state index contributed by atoms with van der Waals surface area (Å²) in [5, 5.41) is 17.2. The van der Waals surface area contributed by atoms with E-state index >= 15 is 0 Å². The van der Waals surface area contributed by atoms with Gasteiger partial charge in [0.15, 0.2) is 0 Å². The van der Waals surface area contributed by atoms with E-state index in [9.17, 15) is 32.1 Å². The highest BCUT2D eigenvalue weighted by atomic mass is 19.4. The van der Waals surface area contributed by atoms with Crippen LogP contribution in [0.2, 0.25) is 0 Å². The summed E-state index contributed by atoms with van der Waals surface area (Å²) in [6.45, 7) is 0.498. The van der Waals surface area contributed by atoms with Gasteiger partial charge in [0.25, 0.3) is 5.92 Å². The number of nitro groups is 1. The van der Waals surface area contributed by atoms with Crippen LogP contribution in [0.5, 0.6) is 5.75 Å². The molecule has 0 spiro atoms. The summed E-state index contributed by atoms with van der Waals surface area (Å²) in [4.78, 5) is 20.8. The summed E-state index contributed by atoms with van der Waals surface area (Å²) in [5.41, 5.74) is -0.136. The van der Waals surface area contributed by atoms with Crippen LogP contribution >= 0.6 is 0 Å². The molecule has 2 aromatic rings. The van der Waals surface area contributed by atoms with Gasteiger partial charge < -0.3 is 15.4 Å². The minimum absolute atomic E-state index is 0.00594. The molecule has 0 amide bonds. The molecule has 0 unspecified atom stereocenters. The maximum atomic E-state index is 13.5. The summed E-state index contributed by atoms with van der Waals surface area (Å²) in [5.74, 6) is -2.83. The molecule has 0 atom stereocenters. The van der Waals surface area contributed by atoms with Crippen molar-refractivity contribution in [3.05, 3.63) is 46.1 Å². The molecule has 0 radical (unpaired) electrons. The zero-order valence-corrected chi connectivity index (χ0v) is 19.8. The molecule has 1 aromatic carbocycles. The van der Waals surface area contributed by atoms with E-state index < -0.39 is 17.2 Å². The lowest BCUT2D eigenvalue weighted by molar-refractivity contribution is -0.384. The lowest BCUT2D eigenvalue weighted by Crippen LogP contribution is -2.38. The number of rotatable bonds is 9. The molecular weight excluding hydrogens is 503 g/mol. The van der Waals surface area contributed by atoms with Crippen LogP contribution in [0.1, 0.15) is 37.7 Å². The fraction of sp³-hybridized carbons (Fsp3) is 0.565. The number of para-hydroxylation sites is 1. The predicted octanol–water partition coefficient (Wildman–Crippen LogP) is 5.21.